The molecule has 1 aromatic carbocycles. The van der Waals surface area contributed by atoms with Crippen molar-refractivity contribution in [3.05, 3.63) is 41.7 Å². The van der Waals surface area contributed by atoms with Crippen LogP contribution in [0.1, 0.15) is 33.1 Å². The minimum atomic E-state index is -3.84. The van der Waals surface area contributed by atoms with E-state index in [1.54, 1.807) is 11.6 Å². The van der Waals surface area contributed by atoms with Gasteiger partial charge in [-0.1, -0.05) is 20.3 Å². The Kier molecular flexibility index (Phi) is 7.96. The summed E-state index contributed by atoms with van der Waals surface area (Å²) in [6, 6.07) is 3.87. The molecule has 0 bridgehead atoms. The SMILES string of the molecule is CC[C@@H](C)[C@H](NC(=O)[C@H]1CCCN(S(=O)(=O)c2ccc(F)cc2)C1)C(=O)Nc1nccs1. The Morgan fingerprint density at radius 1 is 1.31 bits per heavy atom. The lowest BCUT2D eigenvalue weighted by atomic mass is 9.95. The van der Waals surface area contributed by atoms with E-state index < -0.39 is 27.8 Å². The predicted molar refractivity (Wildman–Crippen MR) is 120 cm³/mol. The van der Waals surface area contributed by atoms with Crippen molar-refractivity contribution < 1.29 is 22.4 Å². The fourth-order valence-corrected chi connectivity index (χ4v) is 5.63. The first kappa shape index (κ1) is 24.3. The van der Waals surface area contributed by atoms with Gasteiger partial charge in [-0.05, 0) is 43.0 Å². The third-order valence-corrected chi connectivity index (χ3v) is 8.23. The zero-order chi connectivity index (χ0) is 23.3. The number of aromatic nitrogens is 1. The highest BCUT2D eigenvalue weighted by atomic mass is 32.2. The Balaban J connectivity index is 1.69. The molecule has 1 aliphatic rings. The van der Waals surface area contributed by atoms with E-state index in [4.69, 9.17) is 0 Å². The van der Waals surface area contributed by atoms with Gasteiger partial charge in [-0.15, -0.1) is 11.3 Å². The van der Waals surface area contributed by atoms with Crippen LogP contribution in [0.15, 0.2) is 40.7 Å². The lowest BCUT2D eigenvalue weighted by Gasteiger charge is -2.32. The molecule has 2 aromatic rings. The fraction of sp³-hybridized carbons (Fsp3) is 0.476. The Labute approximate surface area is 191 Å². The molecule has 3 atom stereocenters. The molecule has 0 aliphatic carbocycles. The molecule has 11 heteroatoms. The smallest absolute Gasteiger partial charge is 0.249 e. The number of anilines is 1. The molecule has 1 fully saturated rings. The molecule has 32 heavy (non-hydrogen) atoms. The third kappa shape index (κ3) is 5.70. The maximum atomic E-state index is 13.2. The molecule has 174 valence electrons. The van der Waals surface area contributed by atoms with E-state index in [9.17, 15) is 22.4 Å². The van der Waals surface area contributed by atoms with Crippen LogP contribution in [0.4, 0.5) is 9.52 Å². The first-order valence-electron chi connectivity index (χ1n) is 10.5. The van der Waals surface area contributed by atoms with E-state index >= 15 is 0 Å². The second-order valence-electron chi connectivity index (χ2n) is 7.85. The van der Waals surface area contributed by atoms with Gasteiger partial charge in [0.15, 0.2) is 5.13 Å². The number of sulfonamides is 1. The quantitative estimate of drug-likeness (QED) is 0.602. The zero-order valence-electron chi connectivity index (χ0n) is 18.0. The molecule has 0 saturated carbocycles. The van der Waals surface area contributed by atoms with Crippen molar-refractivity contribution in [1.29, 1.82) is 0 Å². The molecule has 0 unspecified atom stereocenters. The monoisotopic (exact) mass is 482 g/mol. The Bertz CT molecular complexity index is 1030. The number of halogens is 1. The van der Waals surface area contributed by atoms with E-state index in [1.807, 2.05) is 13.8 Å². The van der Waals surface area contributed by atoms with E-state index in [-0.39, 0.29) is 35.7 Å². The summed E-state index contributed by atoms with van der Waals surface area (Å²) in [5, 5.41) is 7.74. The van der Waals surface area contributed by atoms with Crippen molar-refractivity contribution in [2.75, 3.05) is 18.4 Å². The summed E-state index contributed by atoms with van der Waals surface area (Å²) in [7, 11) is -3.84. The van der Waals surface area contributed by atoms with Crippen molar-refractivity contribution >= 4 is 38.3 Å². The van der Waals surface area contributed by atoms with Crippen molar-refractivity contribution in [3.63, 3.8) is 0 Å². The van der Waals surface area contributed by atoms with Crippen molar-refractivity contribution in [1.82, 2.24) is 14.6 Å². The van der Waals surface area contributed by atoms with Crippen LogP contribution >= 0.6 is 11.3 Å². The maximum Gasteiger partial charge on any atom is 0.249 e. The Morgan fingerprint density at radius 2 is 2.03 bits per heavy atom. The predicted octanol–water partition coefficient (Wildman–Crippen LogP) is 2.85. The number of carbonyl (C=O) groups is 2. The first-order chi connectivity index (χ1) is 15.2. The fourth-order valence-electron chi connectivity index (χ4n) is 3.57. The molecule has 0 spiro atoms. The van der Waals surface area contributed by atoms with Gasteiger partial charge >= 0.3 is 0 Å². The van der Waals surface area contributed by atoms with Crippen LogP contribution in [0.2, 0.25) is 0 Å². The Morgan fingerprint density at radius 3 is 2.66 bits per heavy atom. The third-order valence-electron chi connectivity index (χ3n) is 5.66. The summed E-state index contributed by atoms with van der Waals surface area (Å²) >= 11 is 1.28. The molecular weight excluding hydrogens is 455 g/mol. The highest BCUT2D eigenvalue weighted by Gasteiger charge is 2.35. The van der Waals surface area contributed by atoms with Crippen molar-refractivity contribution in [3.8, 4) is 0 Å². The van der Waals surface area contributed by atoms with Gasteiger partial charge in [0.05, 0.1) is 10.8 Å². The molecule has 1 saturated heterocycles. The van der Waals surface area contributed by atoms with E-state index in [0.29, 0.717) is 24.4 Å². The average Bonchev–Trinajstić information content (AvgIpc) is 3.30. The van der Waals surface area contributed by atoms with E-state index in [1.165, 1.54) is 27.8 Å². The number of nitrogens with one attached hydrogen (secondary N) is 2. The van der Waals surface area contributed by atoms with Crippen molar-refractivity contribution in [2.45, 2.75) is 44.0 Å². The number of nitrogens with zero attached hydrogens (tertiary/aromatic N) is 2. The second-order valence-corrected chi connectivity index (χ2v) is 10.7. The summed E-state index contributed by atoms with van der Waals surface area (Å²) in [5.41, 5.74) is 0. The summed E-state index contributed by atoms with van der Waals surface area (Å²) in [5.74, 6) is -1.94. The minimum absolute atomic E-state index is 0.00681. The molecule has 1 aliphatic heterocycles. The second kappa shape index (κ2) is 10.5. The summed E-state index contributed by atoms with van der Waals surface area (Å²) in [6.07, 6.45) is 3.28. The summed E-state index contributed by atoms with van der Waals surface area (Å²) in [6.45, 7) is 4.09. The number of hydrogen-bond acceptors (Lipinski definition) is 6. The highest BCUT2D eigenvalue weighted by Crippen LogP contribution is 2.25. The molecular formula is C21H27FN4O4S2. The van der Waals surface area contributed by atoms with Gasteiger partial charge in [-0.2, -0.15) is 4.31 Å². The maximum absolute atomic E-state index is 13.2. The summed E-state index contributed by atoms with van der Waals surface area (Å²) in [4.78, 5) is 29.8. The van der Waals surface area contributed by atoms with Crippen LogP contribution in [0.5, 0.6) is 0 Å². The molecule has 2 heterocycles. The van der Waals surface area contributed by atoms with Gasteiger partial charge in [-0.25, -0.2) is 17.8 Å². The van der Waals surface area contributed by atoms with Gasteiger partial charge < -0.3 is 10.6 Å². The first-order valence-corrected chi connectivity index (χ1v) is 12.8. The topological polar surface area (TPSA) is 108 Å². The van der Waals surface area contributed by atoms with Gasteiger partial charge in [0, 0.05) is 24.7 Å². The van der Waals surface area contributed by atoms with Crippen molar-refractivity contribution in [2.24, 2.45) is 11.8 Å². The molecule has 3 rings (SSSR count). The number of piperidine rings is 1. The number of benzene rings is 1. The number of hydrogen-bond donors (Lipinski definition) is 2. The average molecular weight is 483 g/mol. The minimum Gasteiger partial charge on any atom is -0.344 e. The van der Waals surface area contributed by atoms with Gasteiger partial charge in [0.1, 0.15) is 11.9 Å². The molecule has 2 amide bonds. The van der Waals surface area contributed by atoms with E-state index in [0.717, 1.165) is 12.1 Å². The largest absolute Gasteiger partial charge is 0.344 e. The van der Waals surface area contributed by atoms with Crippen LogP contribution < -0.4 is 10.6 Å². The molecule has 0 radical (unpaired) electrons. The zero-order valence-corrected chi connectivity index (χ0v) is 19.6. The van der Waals surface area contributed by atoms with Crippen LogP contribution in [0.25, 0.3) is 0 Å². The lowest BCUT2D eigenvalue weighted by molar-refractivity contribution is -0.131. The Hall–Kier alpha value is -2.37. The normalized spacial score (nSPS) is 19.2. The van der Waals surface area contributed by atoms with Crippen LogP contribution in [0.3, 0.4) is 0 Å². The van der Waals surface area contributed by atoms with E-state index in [2.05, 4.69) is 15.6 Å². The molecule has 2 N–H and O–H groups in total. The van der Waals surface area contributed by atoms with Crippen LogP contribution in [-0.2, 0) is 19.6 Å². The van der Waals surface area contributed by atoms with Gasteiger partial charge in [0.2, 0.25) is 21.8 Å². The van der Waals surface area contributed by atoms with Crippen LogP contribution in [0, 0.1) is 17.7 Å². The standard InChI is InChI=1S/C21H27FN4O4S2/c1-3-14(2)18(20(28)25-21-23-10-12-31-21)24-19(27)15-5-4-11-26(13-15)32(29,30)17-8-6-16(22)7-9-17/h6-10,12,14-15,18H,3-5,11,13H2,1-2H3,(H,24,27)(H,23,25,28)/t14-,15+,18+/m1/s1. The highest BCUT2D eigenvalue weighted by molar-refractivity contribution is 7.89. The lowest BCUT2D eigenvalue weighted by Crippen LogP contribution is -2.52. The van der Waals surface area contributed by atoms with Gasteiger partial charge in [0.25, 0.3) is 0 Å². The summed E-state index contributed by atoms with van der Waals surface area (Å²) < 4.78 is 40.3. The number of amides is 2. The number of carbonyl (C=O) groups excluding carboxylic acids is 2. The van der Waals surface area contributed by atoms with Gasteiger partial charge in [-0.3, -0.25) is 9.59 Å². The molecule has 1 aromatic heterocycles. The van der Waals surface area contributed by atoms with Crippen LogP contribution in [-0.4, -0.2) is 48.7 Å². The molecule has 8 nitrogen and oxygen atoms in total. The number of rotatable bonds is 8. The number of thiazole rings is 1.